The Bertz CT molecular complexity index is 676. The van der Waals surface area contributed by atoms with E-state index < -0.39 is 0 Å². The fraction of sp³-hybridized carbons (Fsp3) is 0.294. The van der Waals surface area contributed by atoms with Gasteiger partial charge >= 0.3 is 0 Å². The molecule has 0 aromatic heterocycles. The third kappa shape index (κ3) is 5.05. The van der Waals surface area contributed by atoms with E-state index in [1.54, 1.807) is 12.3 Å². The van der Waals surface area contributed by atoms with Crippen LogP contribution in [-0.2, 0) is 6.54 Å². The summed E-state index contributed by atoms with van der Waals surface area (Å²) in [6.07, 6.45) is 5.72. The lowest BCUT2D eigenvalue weighted by atomic mass is 10.1. The minimum atomic E-state index is 0.433. The van der Waals surface area contributed by atoms with Crippen molar-refractivity contribution in [3.05, 3.63) is 52.7 Å². The Morgan fingerprint density at radius 3 is 2.83 bits per heavy atom. The second kappa shape index (κ2) is 8.61. The SMILES string of the molecule is C=Nc1ccc(CN=C/C=C(/NC2CC2)C(=C)NN=O)cc1NC. The van der Waals surface area contributed by atoms with Gasteiger partial charge in [-0.3, -0.25) is 9.98 Å². The molecule has 7 nitrogen and oxygen atoms in total. The molecule has 0 spiro atoms. The molecular weight excluding hydrogens is 304 g/mol. The predicted octanol–water partition coefficient (Wildman–Crippen LogP) is 3.05. The van der Waals surface area contributed by atoms with E-state index in [1.807, 2.05) is 25.2 Å². The van der Waals surface area contributed by atoms with Gasteiger partial charge in [-0.15, -0.1) is 4.91 Å². The Morgan fingerprint density at radius 2 is 2.21 bits per heavy atom. The molecule has 0 aliphatic heterocycles. The topological polar surface area (TPSA) is 90.2 Å². The van der Waals surface area contributed by atoms with Gasteiger partial charge < -0.3 is 10.6 Å². The molecule has 1 saturated carbocycles. The Kier molecular flexibility index (Phi) is 6.24. The highest BCUT2D eigenvalue weighted by atomic mass is 16.3. The molecule has 1 aliphatic rings. The molecule has 3 N–H and O–H groups in total. The van der Waals surface area contributed by atoms with Crippen LogP contribution in [0.4, 0.5) is 11.4 Å². The fourth-order valence-corrected chi connectivity index (χ4v) is 2.10. The van der Waals surface area contributed by atoms with Crippen molar-refractivity contribution in [2.75, 3.05) is 12.4 Å². The van der Waals surface area contributed by atoms with Crippen LogP contribution in [0.25, 0.3) is 0 Å². The van der Waals surface area contributed by atoms with Crippen molar-refractivity contribution in [3.63, 3.8) is 0 Å². The molecule has 0 heterocycles. The molecule has 0 atom stereocenters. The summed E-state index contributed by atoms with van der Waals surface area (Å²) < 4.78 is 0. The lowest BCUT2D eigenvalue weighted by molar-refractivity contribution is 0.770. The van der Waals surface area contributed by atoms with E-state index in [0.29, 0.717) is 18.3 Å². The van der Waals surface area contributed by atoms with Crippen LogP contribution in [0.2, 0.25) is 0 Å². The predicted molar refractivity (Wildman–Crippen MR) is 99.7 cm³/mol. The van der Waals surface area contributed by atoms with Crippen LogP contribution in [0, 0.1) is 4.91 Å². The van der Waals surface area contributed by atoms with Crippen molar-refractivity contribution in [3.8, 4) is 0 Å². The highest BCUT2D eigenvalue weighted by Gasteiger charge is 2.22. The van der Waals surface area contributed by atoms with Crippen LogP contribution < -0.4 is 16.1 Å². The van der Waals surface area contributed by atoms with Crippen molar-refractivity contribution < 1.29 is 0 Å². The van der Waals surface area contributed by atoms with E-state index in [2.05, 4.69) is 44.6 Å². The zero-order valence-corrected chi connectivity index (χ0v) is 13.7. The van der Waals surface area contributed by atoms with E-state index in [9.17, 15) is 4.91 Å². The van der Waals surface area contributed by atoms with Crippen LogP contribution in [0.1, 0.15) is 18.4 Å². The highest BCUT2D eigenvalue weighted by molar-refractivity contribution is 5.73. The van der Waals surface area contributed by atoms with E-state index in [1.165, 1.54) is 0 Å². The summed E-state index contributed by atoms with van der Waals surface area (Å²) in [5, 5.41) is 9.02. The molecule has 0 bridgehead atoms. The van der Waals surface area contributed by atoms with Crippen molar-refractivity contribution in [2.24, 2.45) is 15.3 Å². The van der Waals surface area contributed by atoms with Gasteiger partial charge in [0.25, 0.3) is 0 Å². The summed E-state index contributed by atoms with van der Waals surface area (Å²) >= 11 is 0. The monoisotopic (exact) mass is 326 g/mol. The molecule has 7 heteroatoms. The fourth-order valence-electron chi connectivity index (χ4n) is 2.10. The summed E-state index contributed by atoms with van der Waals surface area (Å²) in [5.41, 5.74) is 6.26. The average molecular weight is 326 g/mol. The normalized spacial score (nSPS) is 14.3. The number of allylic oxidation sites excluding steroid dienone is 1. The van der Waals surface area contributed by atoms with Crippen molar-refractivity contribution in [2.45, 2.75) is 25.4 Å². The summed E-state index contributed by atoms with van der Waals surface area (Å²) in [6, 6.07) is 6.30. The van der Waals surface area contributed by atoms with Gasteiger partial charge in [0.2, 0.25) is 0 Å². The van der Waals surface area contributed by atoms with E-state index in [-0.39, 0.29) is 0 Å². The van der Waals surface area contributed by atoms with Gasteiger partial charge in [-0.2, -0.15) is 0 Å². The number of nitrogens with one attached hydrogen (secondary N) is 3. The smallest absolute Gasteiger partial charge is 0.0853 e. The van der Waals surface area contributed by atoms with Gasteiger partial charge in [0.05, 0.1) is 34.6 Å². The maximum Gasteiger partial charge on any atom is 0.0853 e. The summed E-state index contributed by atoms with van der Waals surface area (Å²) in [6.45, 7) is 7.86. The van der Waals surface area contributed by atoms with Crippen LogP contribution in [-0.4, -0.2) is 26.0 Å². The first-order valence-corrected chi connectivity index (χ1v) is 7.69. The first kappa shape index (κ1) is 17.4. The minimum Gasteiger partial charge on any atom is -0.386 e. The molecule has 1 fully saturated rings. The zero-order chi connectivity index (χ0) is 17.4. The van der Waals surface area contributed by atoms with Crippen LogP contribution in [0.5, 0.6) is 0 Å². The molecule has 24 heavy (non-hydrogen) atoms. The second-order valence-electron chi connectivity index (χ2n) is 5.43. The van der Waals surface area contributed by atoms with Crippen LogP contribution in [0.15, 0.2) is 57.5 Å². The molecule has 0 saturated heterocycles. The summed E-state index contributed by atoms with van der Waals surface area (Å²) in [4.78, 5) is 18.7. The molecule has 2 rings (SSSR count). The number of hydrogen-bond donors (Lipinski definition) is 3. The largest absolute Gasteiger partial charge is 0.386 e. The van der Waals surface area contributed by atoms with Gasteiger partial charge in [0.15, 0.2) is 0 Å². The number of rotatable bonds is 10. The molecule has 0 radical (unpaired) electrons. The van der Waals surface area contributed by atoms with Crippen LogP contribution >= 0.6 is 0 Å². The average Bonchev–Trinajstić information content (AvgIpc) is 3.41. The molecule has 1 aromatic rings. The maximum atomic E-state index is 10.3. The molecule has 126 valence electrons. The van der Waals surface area contributed by atoms with Crippen molar-refractivity contribution >= 4 is 24.3 Å². The number of anilines is 1. The molecule has 1 aromatic carbocycles. The van der Waals surface area contributed by atoms with Crippen molar-refractivity contribution in [1.29, 1.82) is 0 Å². The molecule has 0 unspecified atom stereocenters. The quantitative estimate of drug-likeness (QED) is 0.267. The molecule has 1 aliphatic carbocycles. The number of benzene rings is 1. The number of nitrogens with zero attached hydrogens (tertiary/aromatic N) is 3. The number of hydrogen-bond acceptors (Lipinski definition) is 6. The van der Waals surface area contributed by atoms with Gasteiger partial charge in [-0.25, -0.2) is 5.43 Å². The Balaban J connectivity index is 2.01. The third-order valence-electron chi connectivity index (χ3n) is 3.56. The standard InChI is InChI=1S/C17H22N6O/c1-12(22-23-24)15(21-14-5-6-14)8-9-20-11-13-4-7-16(18-2)17(10-13)19-3/h4,7-10,14,19,21H,1-2,5-6,11H2,3H3,(H,22,24)/b15-8+,20-9?. The summed E-state index contributed by atoms with van der Waals surface area (Å²) in [5.74, 6) is 0. The molecule has 0 amide bonds. The Labute approximate surface area is 141 Å². The zero-order valence-electron chi connectivity index (χ0n) is 13.7. The van der Waals surface area contributed by atoms with Gasteiger partial charge in [0, 0.05) is 19.3 Å². The summed E-state index contributed by atoms with van der Waals surface area (Å²) in [7, 11) is 1.84. The van der Waals surface area contributed by atoms with Gasteiger partial charge in [-0.1, -0.05) is 12.6 Å². The lowest BCUT2D eigenvalue weighted by Gasteiger charge is -2.10. The Morgan fingerprint density at radius 1 is 1.42 bits per heavy atom. The van der Waals surface area contributed by atoms with E-state index in [0.717, 1.165) is 35.5 Å². The molecular formula is C17H22N6O. The number of nitroso groups, excluding NO2 is 1. The van der Waals surface area contributed by atoms with Crippen molar-refractivity contribution in [1.82, 2.24) is 10.7 Å². The van der Waals surface area contributed by atoms with E-state index in [4.69, 9.17) is 0 Å². The lowest BCUT2D eigenvalue weighted by Crippen LogP contribution is -2.21. The first-order valence-electron chi connectivity index (χ1n) is 7.69. The second-order valence-corrected chi connectivity index (χ2v) is 5.43. The third-order valence-corrected chi connectivity index (χ3v) is 3.56. The highest BCUT2D eigenvalue weighted by Crippen LogP contribution is 2.25. The van der Waals surface area contributed by atoms with Crippen LogP contribution in [0.3, 0.4) is 0 Å². The van der Waals surface area contributed by atoms with E-state index >= 15 is 0 Å². The first-order chi connectivity index (χ1) is 11.7. The Hall–Kier alpha value is -2.96. The van der Waals surface area contributed by atoms with Gasteiger partial charge in [-0.05, 0) is 43.3 Å². The van der Waals surface area contributed by atoms with Gasteiger partial charge in [0.1, 0.15) is 0 Å². The minimum absolute atomic E-state index is 0.433. The number of aliphatic imine (C=N–C) groups is 2. The maximum absolute atomic E-state index is 10.3.